The average Bonchev–Trinajstić information content (AvgIpc) is 3.38. The molecule has 34 heavy (non-hydrogen) atoms. The van der Waals surface area contributed by atoms with Gasteiger partial charge in [-0.3, -0.25) is 9.59 Å². The fraction of sp³-hybridized carbons (Fsp3) is 0.444. The fourth-order valence-corrected chi connectivity index (χ4v) is 5.28. The van der Waals surface area contributed by atoms with Crippen LogP contribution in [0.2, 0.25) is 0 Å². The number of carboxylic acids is 1. The molecular formula is C27H32N2O5. The maximum Gasteiger partial charge on any atom is 0.407 e. The van der Waals surface area contributed by atoms with Crippen molar-refractivity contribution in [3.05, 3.63) is 59.7 Å². The Labute approximate surface area is 199 Å². The lowest BCUT2D eigenvalue weighted by molar-refractivity contribution is -0.138. The van der Waals surface area contributed by atoms with E-state index in [1.165, 1.54) is 0 Å². The summed E-state index contributed by atoms with van der Waals surface area (Å²) in [6.45, 7) is 2.15. The second-order valence-corrected chi connectivity index (χ2v) is 9.29. The highest BCUT2D eigenvalue weighted by molar-refractivity contribution is 5.86. The van der Waals surface area contributed by atoms with E-state index in [2.05, 4.69) is 34.9 Å². The van der Waals surface area contributed by atoms with E-state index in [-0.39, 0.29) is 36.8 Å². The summed E-state index contributed by atoms with van der Waals surface area (Å²) < 4.78 is 5.60. The Morgan fingerprint density at radius 2 is 1.68 bits per heavy atom. The predicted molar refractivity (Wildman–Crippen MR) is 128 cm³/mol. The molecule has 1 saturated carbocycles. The van der Waals surface area contributed by atoms with Crippen LogP contribution in [0, 0.1) is 5.92 Å². The van der Waals surface area contributed by atoms with Gasteiger partial charge in [-0.05, 0) is 53.9 Å². The van der Waals surface area contributed by atoms with E-state index in [0.717, 1.165) is 41.5 Å². The minimum Gasteiger partial charge on any atom is -0.481 e. The Kier molecular flexibility index (Phi) is 7.50. The van der Waals surface area contributed by atoms with Gasteiger partial charge in [0.25, 0.3) is 0 Å². The van der Waals surface area contributed by atoms with E-state index in [1.807, 2.05) is 31.2 Å². The molecule has 0 saturated heterocycles. The second-order valence-electron chi connectivity index (χ2n) is 9.29. The minimum absolute atomic E-state index is 0.0405. The van der Waals surface area contributed by atoms with Crippen LogP contribution in [0.1, 0.15) is 62.5 Å². The van der Waals surface area contributed by atoms with Gasteiger partial charge in [0.05, 0.1) is 0 Å². The third-order valence-electron chi connectivity index (χ3n) is 6.88. The second kappa shape index (κ2) is 10.7. The van der Waals surface area contributed by atoms with Gasteiger partial charge in [-0.25, -0.2) is 4.79 Å². The number of hydrogen-bond acceptors (Lipinski definition) is 4. The molecule has 2 aliphatic rings. The molecule has 3 N–H and O–H groups in total. The highest BCUT2D eigenvalue weighted by Gasteiger charge is 2.31. The van der Waals surface area contributed by atoms with Crippen molar-refractivity contribution in [2.75, 3.05) is 6.61 Å². The van der Waals surface area contributed by atoms with Crippen molar-refractivity contribution < 1.29 is 24.2 Å². The summed E-state index contributed by atoms with van der Waals surface area (Å²) in [5, 5.41) is 14.7. The van der Waals surface area contributed by atoms with Crippen LogP contribution >= 0.6 is 0 Å². The van der Waals surface area contributed by atoms with E-state index in [9.17, 15) is 14.4 Å². The Morgan fingerprint density at radius 1 is 1.03 bits per heavy atom. The minimum atomic E-state index is -0.808. The summed E-state index contributed by atoms with van der Waals surface area (Å²) in [5.74, 6) is -1.00. The summed E-state index contributed by atoms with van der Waals surface area (Å²) >= 11 is 0. The van der Waals surface area contributed by atoms with Gasteiger partial charge in [-0.1, -0.05) is 61.9 Å². The van der Waals surface area contributed by atoms with Crippen molar-refractivity contribution in [1.82, 2.24) is 10.6 Å². The molecule has 7 nitrogen and oxygen atoms in total. The van der Waals surface area contributed by atoms with E-state index >= 15 is 0 Å². The fourth-order valence-electron chi connectivity index (χ4n) is 5.28. The van der Waals surface area contributed by atoms with Crippen molar-refractivity contribution in [2.45, 2.75) is 63.5 Å². The largest absolute Gasteiger partial charge is 0.481 e. The van der Waals surface area contributed by atoms with Crippen LogP contribution in [0.4, 0.5) is 4.79 Å². The third kappa shape index (κ3) is 5.41. The molecule has 0 spiro atoms. The van der Waals surface area contributed by atoms with Crippen LogP contribution in [0.5, 0.6) is 0 Å². The number of carboxylic acid groups (broad SMARTS) is 1. The molecule has 7 heteroatoms. The highest BCUT2D eigenvalue weighted by Crippen LogP contribution is 2.44. The predicted octanol–water partition coefficient (Wildman–Crippen LogP) is 4.45. The maximum atomic E-state index is 12.8. The number of ether oxygens (including phenoxy) is 1. The molecular weight excluding hydrogens is 432 g/mol. The van der Waals surface area contributed by atoms with Crippen LogP contribution in [0.15, 0.2) is 48.5 Å². The van der Waals surface area contributed by atoms with E-state index in [0.29, 0.717) is 12.8 Å². The summed E-state index contributed by atoms with van der Waals surface area (Å²) in [4.78, 5) is 36.4. The van der Waals surface area contributed by atoms with Gasteiger partial charge in [0.1, 0.15) is 12.6 Å². The molecule has 2 amide bonds. The Bertz CT molecular complexity index is 1010. The van der Waals surface area contributed by atoms with Crippen molar-refractivity contribution in [3.63, 3.8) is 0 Å². The van der Waals surface area contributed by atoms with Gasteiger partial charge in [-0.15, -0.1) is 0 Å². The first-order chi connectivity index (χ1) is 16.5. The number of nitrogens with one attached hydrogen (secondary N) is 2. The third-order valence-corrected chi connectivity index (χ3v) is 6.88. The lowest BCUT2D eigenvalue weighted by atomic mass is 9.98. The van der Waals surface area contributed by atoms with Gasteiger partial charge in [-0.2, -0.15) is 0 Å². The zero-order valence-corrected chi connectivity index (χ0v) is 19.5. The number of rotatable bonds is 9. The van der Waals surface area contributed by atoms with Crippen LogP contribution in [0.3, 0.4) is 0 Å². The number of fused-ring (bicyclic) bond motifs is 3. The van der Waals surface area contributed by atoms with Gasteiger partial charge in [0.2, 0.25) is 5.91 Å². The Balaban J connectivity index is 1.33. The van der Waals surface area contributed by atoms with Crippen molar-refractivity contribution in [3.8, 4) is 11.1 Å². The number of amides is 2. The first kappa shape index (κ1) is 23.8. The summed E-state index contributed by atoms with van der Waals surface area (Å²) in [6, 6.07) is 15.6. The first-order valence-corrected chi connectivity index (χ1v) is 12.1. The monoisotopic (exact) mass is 464 g/mol. The standard InChI is InChI=1S/C27H32N2O5/c1-2-7-24(26(32)28-18-13-12-17(14-18)15-25(30)31)29-27(33)34-16-23-21-10-5-3-8-19(21)20-9-4-6-11-22(20)23/h3-6,8-11,17-18,23-24H,2,7,12-16H2,1H3,(H,28,32)(H,29,33)(H,30,31)/t17-,18+,24+/m0/s1. The number of benzene rings is 2. The quantitative estimate of drug-likeness (QED) is 0.508. The summed E-state index contributed by atoms with van der Waals surface area (Å²) in [6.07, 6.45) is 2.95. The van der Waals surface area contributed by atoms with Gasteiger partial charge >= 0.3 is 12.1 Å². The molecule has 0 radical (unpaired) electrons. The van der Waals surface area contributed by atoms with Gasteiger partial charge in [0.15, 0.2) is 0 Å². The van der Waals surface area contributed by atoms with E-state index in [4.69, 9.17) is 9.84 Å². The molecule has 2 aromatic carbocycles. The summed E-state index contributed by atoms with van der Waals surface area (Å²) in [7, 11) is 0. The molecule has 0 aliphatic heterocycles. The number of alkyl carbamates (subject to hydrolysis) is 1. The Morgan fingerprint density at radius 3 is 2.29 bits per heavy atom. The van der Waals surface area contributed by atoms with Crippen LogP contribution in [-0.2, 0) is 14.3 Å². The maximum absolute atomic E-state index is 12.8. The van der Waals surface area contributed by atoms with E-state index in [1.54, 1.807) is 0 Å². The molecule has 0 aromatic heterocycles. The molecule has 4 rings (SSSR count). The van der Waals surface area contributed by atoms with Crippen molar-refractivity contribution >= 4 is 18.0 Å². The normalized spacial score (nSPS) is 19.7. The summed E-state index contributed by atoms with van der Waals surface area (Å²) in [5.41, 5.74) is 4.59. The first-order valence-electron chi connectivity index (χ1n) is 12.1. The molecule has 2 aromatic rings. The zero-order chi connectivity index (χ0) is 24.1. The SMILES string of the molecule is CCC[C@@H](NC(=O)OCC1c2ccccc2-c2ccccc21)C(=O)N[C@@H]1CC[C@H](CC(=O)O)C1. The van der Waals surface area contributed by atoms with Crippen molar-refractivity contribution in [1.29, 1.82) is 0 Å². The van der Waals surface area contributed by atoms with Gasteiger partial charge < -0.3 is 20.5 Å². The van der Waals surface area contributed by atoms with Crippen LogP contribution in [-0.4, -0.2) is 41.8 Å². The lowest BCUT2D eigenvalue weighted by Crippen LogP contribution is -2.49. The molecule has 1 fully saturated rings. The molecule has 0 heterocycles. The highest BCUT2D eigenvalue weighted by atomic mass is 16.5. The number of carbonyl (C=O) groups excluding carboxylic acids is 2. The van der Waals surface area contributed by atoms with E-state index < -0.39 is 18.1 Å². The Hall–Kier alpha value is -3.35. The number of hydrogen-bond donors (Lipinski definition) is 3. The lowest BCUT2D eigenvalue weighted by Gasteiger charge is -2.21. The number of aliphatic carboxylic acids is 1. The molecule has 0 bridgehead atoms. The average molecular weight is 465 g/mol. The zero-order valence-electron chi connectivity index (χ0n) is 19.5. The molecule has 3 atom stereocenters. The molecule has 180 valence electrons. The molecule has 0 unspecified atom stereocenters. The topological polar surface area (TPSA) is 105 Å². The smallest absolute Gasteiger partial charge is 0.407 e. The van der Waals surface area contributed by atoms with Crippen LogP contribution < -0.4 is 10.6 Å². The van der Waals surface area contributed by atoms with Gasteiger partial charge in [0, 0.05) is 18.4 Å². The molecule has 2 aliphatic carbocycles. The van der Waals surface area contributed by atoms with Crippen LogP contribution in [0.25, 0.3) is 11.1 Å². The number of carbonyl (C=O) groups is 3. The van der Waals surface area contributed by atoms with Crippen molar-refractivity contribution in [2.24, 2.45) is 5.92 Å².